The predicted molar refractivity (Wildman–Crippen MR) is 47.3 cm³/mol. The third kappa shape index (κ3) is 1.66. The van der Waals surface area contributed by atoms with E-state index in [0.717, 1.165) is 5.56 Å². The van der Waals surface area contributed by atoms with Gasteiger partial charge < -0.3 is 5.73 Å². The summed E-state index contributed by atoms with van der Waals surface area (Å²) in [4.78, 5) is 0.650. The molecule has 1 nitrogen and oxygen atoms in total. The fourth-order valence-electron chi connectivity index (χ4n) is 0.827. The minimum atomic E-state index is -0.236. The number of anilines is 1. The number of hydrogen-bond donors (Lipinski definition) is 1. The fourth-order valence-corrected chi connectivity index (χ4v) is 1.38. The Hall–Kier alpha value is -0.700. The highest BCUT2D eigenvalue weighted by Crippen LogP contribution is 2.23. The van der Waals surface area contributed by atoms with Gasteiger partial charge in [0.1, 0.15) is 5.82 Å². The Kier molecular flexibility index (Phi) is 2.39. The van der Waals surface area contributed by atoms with Crippen molar-refractivity contribution in [2.75, 3.05) is 12.0 Å². The largest absolute Gasteiger partial charge is 0.398 e. The zero-order valence-electron chi connectivity index (χ0n) is 6.52. The maximum atomic E-state index is 12.9. The van der Waals surface area contributed by atoms with Crippen molar-refractivity contribution in [3.63, 3.8) is 0 Å². The van der Waals surface area contributed by atoms with Gasteiger partial charge in [0, 0.05) is 10.6 Å². The molecule has 0 aromatic heterocycles. The van der Waals surface area contributed by atoms with Gasteiger partial charge in [0.05, 0.1) is 0 Å². The van der Waals surface area contributed by atoms with Crippen molar-refractivity contribution in [2.24, 2.45) is 0 Å². The van der Waals surface area contributed by atoms with Gasteiger partial charge in [0.2, 0.25) is 0 Å². The highest BCUT2D eigenvalue weighted by Gasteiger charge is 2.02. The van der Waals surface area contributed by atoms with Crippen LogP contribution in [0, 0.1) is 12.7 Å². The number of thioether (sulfide) groups is 1. The van der Waals surface area contributed by atoms with E-state index in [9.17, 15) is 4.39 Å². The Labute approximate surface area is 69.8 Å². The second-order valence-corrected chi connectivity index (χ2v) is 3.19. The molecule has 1 aromatic carbocycles. The molecule has 1 aromatic rings. The lowest BCUT2D eigenvalue weighted by Crippen LogP contribution is -1.92. The second kappa shape index (κ2) is 3.13. The van der Waals surface area contributed by atoms with E-state index in [0.29, 0.717) is 10.6 Å². The van der Waals surface area contributed by atoms with Gasteiger partial charge >= 0.3 is 0 Å². The van der Waals surface area contributed by atoms with Gasteiger partial charge in [-0.25, -0.2) is 4.39 Å². The van der Waals surface area contributed by atoms with E-state index < -0.39 is 0 Å². The quantitative estimate of drug-likeness (QED) is 0.518. The van der Waals surface area contributed by atoms with Crippen molar-refractivity contribution in [2.45, 2.75) is 11.8 Å². The molecule has 0 bridgehead atoms. The molecule has 0 aliphatic rings. The number of halogens is 1. The zero-order chi connectivity index (χ0) is 8.43. The van der Waals surface area contributed by atoms with E-state index in [2.05, 4.69) is 0 Å². The molecule has 0 amide bonds. The van der Waals surface area contributed by atoms with E-state index in [4.69, 9.17) is 5.73 Å². The lowest BCUT2D eigenvalue weighted by molar-refractivity contribution is 0.602. The number of aryl methyl sites for hydroxylation is 1. The fraction of sp³-hybridized carbons (Fsp3) is 0.250. The summed E-state index contributed by atoms with van der Waals surface area (Å²) in [6.07, 6.45) is 1.84. The van der Waals surface area contributed by atoms with Crippen molar-refractivity contribution in [1.29, 1.82) is 0 Å². The van der Waals surface area contributed by atoms with Crippen molar-refractivity contribution in [3.05, 3.63) is 23.5 Å². The molecule has 11 heavy (non-hydrogen) atoms. The standard InChI is InChI=1S/C8H10FNS/c1-5-3-8(11-2)6(9)4-7(5)10/h3-4H,10H2,1-2H3. The number of hydrogen-bond acceptors (Lipinski definition) is 2. The summed E-state index contributed by atoms with van der Waals surface area (Å²) in [5.41, 5.74) is 6.94. The first kappa shape index (κ1) is 8.40. The topological polar surface area (TPSA) is 26.0 Å². The molecule has 2 N–H and O–H groups in total. The molecule has 0 saturated carbocycles. The van der Waals surface area contributed by atoms with E-state index in [1.54, 1.807) is 6.07 Å². The third-order valence-electron chi connectivity index (χ3n) is 1.54. The Morgan fingerprint density at radius 1 is 1.45 bits per heavy atom. The molecule has 0 aliphatic carbocycles. The Morgan fingerprint density at radius 2 is 2.09 bits per heavy atom. The van der Waals surface area contributed by atoms with E-state index in [1.807, 2.05) is 13.2 Å². The Balaban J connectivity index is 3.21. The maximum absolute atomic E-state index is 12.9. The first-order valence-electron chi connectivity index (χ1n) is 3.24. The van der Waals surface area contributed by atoms with Gasteiger partial charge in [-0.1, -0.05) is 0 Å². The van der Waals surface area contributed by atoms with E-state index in [-0.39, 0.29) is 5.82 Å². The van der Waals surface area contributed by atoms with Gasteiger partial charge in [-0.2, -0.15) is 0 Å². The van der Waals surface area contributed by atoms with Crippen molar-refractivity contribution >= 4 is 17.4 Å². The molecule has 3 heteroatoms. The first-order valence-corrected chi connectivity index (χ1v) is 4.47. The summed E-state index contributed by atoms with van der Waals surface area (Å²) in [6.45, 7) is 1.87. The molecule has 0 atom stereocenters. The summed E-state index contributed by atoms with van der Waals surface area (Å²) < 4.78 is 12.9. The lowest BCUT2D eigenvalue weighted by atomic mass is 10.2. The average Bonchev–Trinajstić information content (AvgIpc) is 1.97. The van der Waals surface area contributed by atoms with Gasteiger partial charge in [-0.15, -0.1) is 11.8 Å². The summed E-state index contributed by atoms with van der Waals surface area (Å²) in [7, 11) is 0. The lowest BCUT2D eigenvalue weighted by Gasteiger charge is -2.03. The van der Waals surface area contributed by atoms with Gasteiger partial charge in [0.15, 0.2) is 0 Å². The summed E-state index contributed by atoms with van der Waals surface area (Å²) >= 11 is 1.39. The van der Waals surface area contributed by atoms with Crippen LogP contribution in [0.1, 0.15) is 5.56 Å². The van der Waals surface area contributed by atoms with E-state index >= 15 is 0 Å². The molecule has 1 rings (SSSR count). The monoisotopic (exact) mass is 171 g/mol. The smallest absolute Gasteiger partial charge is 0.138 e. The number of benzene rings is 1. The van der Waals surface area contributed by atoms with Crippen LogP contribution in [0.5, 0.6) is 0 Å². The number of nitrogen functional groups attached to an aromatic ring is 1. The highest BCUT2D eigenvalue weighted by molar-refractivity contribution is 7.98. The van der Waals surface area contributed by atoms with Crippen LogP contribution in [0.25, 0.3) is 0 Å². The van der Waals surface area contributed by atoms with Crippen LogP contribution in [0.15, 0.2) is 17.0 Å². The number of nitrogens with two attached hydrogens (primary N) is 1. The first-order chi connectivity index (χ1) is 5.15. The maximum Gasteiger partial charge on any atom is 0.138 e. The molecule has 0 aliphatic heterocycles. The summed E-state index contributed by atoms with van der Waals surface area (Å²) in [6, 6.07) is 3.12. The molecule has 0 heterocycles. The molecule has 0 fully saturated rings. The molecule has 0 radical (unpaired) electrons. The second-order valence-electron chi connectivity index (χ2n) is 2.34. The SMILES string of the molecule is CSc1cc(C)c(N)cc1F. The van der Waals surface area contributed by atoms with Crippen molar-refractivity contribution in [3.8, 4) is 0 Å². The summed E-state index contributed by atoms with van der Waals surface area (Å²) in [5, 5.41) is 0. The van der Waals surface area contributed by atoms with Crippen LogP contribution < -0.4 is 5.73 Å². The molecule has 0 saturated heterocycles. The molecule has 0 unspecified atom stereocenters. The predicted octanol–water partition coefficient (Wildman–Crippen LogP) is 2.44. The molecular weight excluding hydrogens is 161 g/mol. The highest BCUT2D eigenvalue weighted by atomic mass is 32.2. The van der Waals surface area contributed by atoms with Crippen LogP contribution >= 0.6 is 11.8 Å². The van der Waals surface area contributed by atoms with Crippen molar-refractivity contribution < 1.29 is 4.39 Å². The third-order valence-corrected chi connectivity index (χ3v) is 2.29. The van der Waals surface area contributed by atoms with Crippen LogP contribution in [0.3, 0.4) is 0 Å². The van der Waals surface area contributed by atoms with Crippen molar-refractivity contribution in [1.82, 2.24) is 0 Å². The van der Waals surface area contributed by atoms with Crippen LogP contribution in [-0.4, -0.2) is 6.26 Å². The average molecular weight is 171 g/mol. The van der Waals surface area contributed by atoms with Crippen LogP contribution in [-0.2, 0) is 0 Å². The minimum Gasteiger partial charge on any atom is -0.398 e. The molecule has 60 valence electrons. The Bertz CT molecular complexity index is 273. The molecule has 0 spiro atoms. The molecular formula is C8H10FNS. The van der Waals surface area contributed by atoms with Gasteiger partial charge in [-0.05, 0) is 30.9 Å². The Morgan fingerprint density at radius 3 is 2.64 bits per heavy atom. The summed E-state index contributed by atoms with van der Waals surface area (Å²) in [5.74, 6) is -0.236. The van der Waals surface area contributed by atoms with E-state index in [1.165, 1.54) is 17.8 Å². The van der Waals surface area contributed by atoms with Gasteiger partial charge in [-0.3, -0.25) is 0 Å². The number of rotatable bonds is 1. The zero-order valence-corrected chi connectivity index (χ0v) is 7.33. The van der Waals surface area contributed by atoms with Crippen LogP contribution in [0.2, 0.25) is 0 Å². The van der Waals surface area contributed by atoms with Gasteiger partial charge in [0.25, 0.3) is 0 Å². The minimum absolute atomic E-state index is 0.236. The van der Waals surface area contributed by atoms with Crippen LogP contribution in [0.4, 0.5) is 10.1 Å². The normalized spacial score (nSPS) is 10.1.